The van der Waals surface area contributed by atoms with Crippen molar-refractivity contribution in [2.75, 3.05) is 36.1 Å². The number of anilines is 2. The van der Waals surface area contributed by atoms with Crippen molar-refractivity contribution in [1.29, 1.82) is 0 Å². The predicted molar refractivity (Wildman–Crippen MR) is 103 cm³/mol. The molecular formula is C17H22ClN3O5S. The summed E-state index contributed by atoms with van der Waals surface area (Å²) in [6.07, 6.45) is 1.78. The van der Waals surface area contributed by atoms with Crippen molar-refractivity contribution in [3.8, 4) is 5.75 Å². The van der Waals surface area contributed by atoms with Gasteiger partial charge in [0.05, 0.1) is 28.1 Å². The van der Waals surface area contributed by atoms with Crippen molar-refractivity contribution in [2.24, 2.45) is 5.92 Å². The summed E-state index contributed by atoms with van der Waals surface area (Å²) in [7, 11) is -3.33. The second-order valence-electron chi connectivity index (χ2n) is 6.67. The van der Waals surface area contributed by atoms with Crippen molar-refractivity contribution in [1.82, 2.24) is 4.31 Å². The number of nitrogens with zero attached hydrogens (tertiary/aromatic N) is 1. The third kappa shape index (κ3) is 4.53. The molecule has 0 radical (unpaired) electrons. The fourth-order valence-electron chi connectivity index (χ4n) is 3.23. The fraction of sp³-hybridized carbons (Fsp3) is 0.529. The second-order valence-corrected chi connectivity index (χ2v) is 9.16. The van der Waals surface area contributed by atoms with Crippen LogP contribution in [0.4, 0.5) is 11.4 Å². The summed E-state index contributed by atoms with van der Waals surface area (Å²) in [4.78, 5) is 24.0. The maximum absolute atomic E-state index is 12.7. The Morgan fingerprint density at radius 3 is 2.96 bits per heavy atom. The van der Waals surface area contributed by atoms with E-state index in [1.807, 2.05) is 6.92 Å². The number of halogens is 1. The summed E-state index contributed by atoms with van der Waals surface area (Å²) in [5.74, 6) is -0.497. The van der Waals surface area contributed by atoms with Gasteiger partial charge >= 0.3 is 0 Å². The number of fused-ring (bicyclic) bond motifs is 1. The highest BCUT2D eigenvalue weighted by Gasteiger charge is 2.32. The summed E-state index contributed by atoms with van der Waals surface area (Å²) in [5.41, 5.74) is 0.814. The van der Waals surface area contributed by atoms with Crippen LogP contribution in [0.15, 0.2) is 12.1 Å². The van der Waals surface area contributed by atoms with Gasteiger partial charge in [0, 0.05) is 19.2 Å². The predicted octanol–water partition coefficient (Wildman–Crippen LogP) is 2.06. The van der Waals surface area contributed by atoms with E-state index in [0.717, 1.165) is 0 Å². The van der Waals surface area contributed by atoms with Gasteiger partial charge in [0.25, 0.3) is 5.91 Å². The molecule has 148 valence electrons. The van der Waals surface area contributed by atoms with Gasteiger partial charge in [0.15, 0.2) is 6.61 Å². The van der Waals surface area contributed by atoms with Gasteiger partial charge in [-0.3, -0.25) is 9.59 Å². The average molecular weight is 416 g/mol. The Bertz CT molecular complexity index is 858. The van der Waals surface area contributed by atoms with E-state index < -0.39 is 15.9 Å². The van der Waals surface area contributed by atoms with E-state index in [1.165, 1.54) is 10.4 Å². The molecule has 2 N–H and O–H groups in total. The third-order valence-corrected chi connectivity index (χ3v) is 6.93. The normalized spacial score (nSPS) is 20.4. The first-order valence-corrected chi connectivity index (χ1v) is 10.8. The Labute approximate surface area is 163 Å². The number of sulfonamides is 1. The number of carbonyl (C=O) groups excluding carboxylic acids is 2. The van der Waals surface area contributed by atoms with Gasteiger partial charge in [-0.25, -0.2) is 12.7 Å². The lowest BCUT2D eigenvalue weighted by Gasteiger charge is -2.31. The quantitative estimate of drug-likeness (QED) is 0.765. The Kier molecular flexibility index (Phi) is 5.92. The minimum atomic E-state index is -3.33. The summed E-state index contributed by atoms with van der Waals surface area (Å²) in [5, 5.41) is 5.67. The van der Waals surface area contributed by atoms with Crippen molar-refractivity contribution >= 4 is 44.8 Å². The van der Waals surface area contributed by atoms with E-state index in [4.69, 9.17) is 16.3 Å². The number of benzene rings is 1. The molecule has 0 saturated carbocycles. The van der Waals surface area contributed by atoms with Crippen LogP contribution in [0.25, 0.3) is 0 Å². The Hall–Kier alpha value is -1.84. The number of piperidine rings is 1. The molecule has 2 heterocycles. The number of hydrogen-bond acceptors (Lipinski definition) is 5. The summed E-state index contributed by atoms with van der Waals surface area (Å²) in [6.45, 7) is 2.33. The molecule has 8 nitrogen and oxygen atoms in total. The fourth-order valence-corrected chi connectivity index (χ4v) is 5.03. The summed E-state index contributed by atoms with van der Waals surface area (Å²) >= 11 is 6.21. The van der Waals surface area contributed by atoms with Crippen LogP contribution in [-0.2, 0) is 19.6 Å². The second kappa shape index (κ2) is 8.04. The van der Waals surface area contributed by atoms with Crippen LogP contribution >= 0.6 is 11.6 Å². The molecule has 27 heavy (non-hydrogen) atoms. The first kappa shape index (κ1) is 19.9. The highest BCUT2D eigenvalue weighted by atomic mass is 35.5. The minimum absolute atomic E-state index is 0.0844. The first-order chi connectivity index (χ1) is 12.8. The molecule has 10 heteroatoms. The van der Waals surface area contributed by atoms with Gasteiger partial charge in [-0.2, -0.15) is 0 Å². The standard InChI is InChI=1S/C17H22ClN3O5S/c1-2-6-27(24,25)21-5-3-4-11(9-21)17(23)20-13-8-15-14(7-12(13)18)19-16(22)10-26-15/h7-8,11H,2-6,9-10H2,1H3,(H,19,22)(H,20,23). The van der Waals surface area contributed by atoms with E-state index in [0.29, 0.717) is 42.9 Å². The molecule has 2 aliphatic rings. The van der Waals surface area contributed by atoms with E-state index in [9.17, 15) is 18.0 Å². The molecule has 2 amide bonds. The van der Waals surface area contributed by atoms with Crippen molar-refractivity contribution in [2.45, 2.75) is 26.2 Å². The largest absolute Gasteiger partial charge is 0.482 e. The van der Waals surface area contributed by atoms with E-state index in [2.05, 4.69) is 10.6 Å². The van der Waals surface area contributed by atoms with Gasteiger partial charge in [0.1, 0.15) is 5.75 Å². The van der Waals surface area contributed by atoms with Gasteiger partial charge in [-0.1, -0.05) is 18.5 Å². The molecule has 3 rings (SSSR count). The number of hydrogen-bond donors (Lipinski definition) is 2. The van der Waals surface area contributed by atoms with Crippen LogP contribution in [0.1, 0.15) is 26.2 Å². The van der Waals surface area contributed by atoms with Crippen molar-refractivity contribution in [3.63, 3.8) is 0 Å². The summed E-state index contributed by atoms with van der Waals surface area (Å²) < 4.78 is 31.3. The van der Waals surface area contributed by atoms with Gasteiger partial charge < -0.3 is 15.4 Å². The smallest absolute Gasteiger partial charge is 0.262 e. The number of carbonyl (C=O) groups is 2. The van der Waals surface area contributed by atoms with Gasteiger partial charge in [-0.15, -0.1) is 0 Å². The summed E-state index contributed by atoms with van der Waals surface area (Å²) in [6, 6.07) is 3.08. The maximum atomic E-state index is 12.7. The Balaban J connectivity index is 1.71. The zero-order valence-electron chi connectivity index (χ0n) is 15.0. The Morgan fingerprint density at radius 1 is 1.44 bits per heavy atom. The molecule has 0 spiro atoms. The molecule has 0 aliphatic carbocycles. The van der Waals surface area contributed by atoms with E-state index in [1.54, 1.807) is 6.07 Å². The highest BCUT2D eigenvalue weighted by Crippen LogP contribution is 2.36. The molecule has 0 bridgehead atoms. The Morgan fingerprint density at radius 2 is 2.22 bits per heavy atom. The van der Waals surface area contributed by atoms with Gasteiger partial charge in [0.2, 0.25) is 15.9 Å². The van der Waals surface area contributed by atoms with Crippen LogP contribution in [-0.4, -0.2) is 50.0 Å². The molecule has 1 unspecified atom stereocenters. The molecular weight excluding hydrogens is 394 g/mol. The lowest BCUT2D eigenvalue weighted by molar-refractivity contribution is -0.121. The molecule has 0 aromatic heterocycles. The molecule has 1 fully saturated rings. The monoisotopic (exact) mass is 415 g/mol. The maximum Gasteiger partial charge on any atom is 0.262 e. The first-order valence-electron chi connectivity index (χ1n) is 8.85. The van der Waals surface area contributed by atoms with Crippen LogP contribution in [0.5, 0.6) is 5.75 Å². The SMILES string of the molecule is CCCS(=O)(=O)N1CCCC(C(=O)Nc2cc3c(cc2Cl)NC(=O)CO3)C1. The van der Waals surface area contributed by atoms with Crippen LogP contribution < -0.4 is 15.4 Å². The molecule has 1 atom stereocenters. The highest BCUT2D eigenvalue weighted by molar-refractivity contribution is 7.89. The van der Waals surface area contributed by atoms with Crippen LogP contribution in [0, 0.1) is 5.92 Å². The van der Waals surface area contributed by atoms with Crippen molar-refractivity contribution < 1.29 is 22.7 Å². The van der Waals surface area contributed by atoms with Crippen LogP contribution in [0.3, 0.4) is 0 Å². The third-order valence-electron chi connectivity index (χ3n) is 4.57. The van der Waals surface area contributed by atoms with Gasteiger partial charge in [-0.05, 0) is 25.3 Å². The lowest BCUT2D eigenvalue weighted by Crippen LogP contribution is -2.44. The minimum Gasteiger partial charge on any atom is -0.482 e. The van der Waals surface area contributed by atoms with E-state index in [-0.39, 0.29) is 35.7 Å². The number of ether oxygens (including phenoxy) is 1. The molecule has 1 aromatic carbocycles. The number of amides is 2. The lowest BCUT2D eigenvalue weighted by atomic mass is 9.98. The molecule has 1 aromatic rings. The number of rotatable bonds is 5. The molecule has 1 saturated heterocycles. The zero-order chi connectivity index (χ0) is 19.6. The van der Waals surface area contributed by atoms with E-state index >= 15 is 0 Å². The van der Waals surface area contributed by atoms with Crippen molar-refractivity contribution in [3.05, 3.63) is 17.2 Å². The zero-order valence-corrected chi connectivity index (χ0v) is 16.5. The average Bonchev–Trinajstić information content (AvgIpc) is 2.62. The number of nitrogens with one attached hydrogen (secondary N) is 2. The topological polar surface area (TPSA) is 105 Å². The van der Waals surface area contributed by atoms with Crippen LogP contribution in [0.2, 0.25) is 5.02 Å². The molecule has 2 aliphatic heterocycles.